The fraction of sp³-hybridized carbons (Fsp3) is 0.667. The predicted molar refractivity (Wildman–Crippen MR) is 68.7 cm³/mol. The topological polar surface area (TPSA) is 53.4 Å². The van der Waals surface area contributed by atoms with Crippen molar-refractivity contribution in [1.29, 1.82) is 0 Å². The van der Waals surface area contributed by atoms with Gasteiger partial charge in [0.25, 0.3) is 0 Å². The van der Waals surface area contributed by atoms with Crippen LogP contribution >= 0.6 is 0 Å². The number of aliphatic hydroxyl groups excluding tert-OH is 2. The Labute approximate surface area is 108 Å². The first kappa shape index (κ1) is 13.0. The van der Waals surface area contributed by atoms with E-state index in [2.05, 4.69) is 32.7 Å². The lowest BCUT2D eigenvalue weighted by atomic mass is 10.5. The zero-order valence-electron chi connectivity index (χ0n) is 10.8. The molecule has 6 nitrogen and oxygen atoms in total. The summed E-state index contributed by atoms with van der Waals surface area (Å²) in [5.41, 5.74) is 0. The molecule has 0 aromatic rings. The molecule has 2 aliphatic rings. The van der Waals surface area contributed by atoms with Gasteiger partial charge in [-0.1, -0.05) is 0 Å². The smallest absolute Gasteiger partial charge is 0.181 e. The maximum absolute atomic E-state index is 9.11. The molecule has 102 valence electrons. The standard InChI is InChI=1S/C12H22N4O2/c1-2-14-5-6-15(8-10-18)12(14)16-4-3-13(11-16)7-9-17/h3-6,12,17-18H,2,7-11H2,1H3. The SMILES string of the molecule is CCN1C=CN(CCO)C1N1C=CN(CCO)C1. The van der Waals surface area contributed by atoms with Crippen LogP contribution in [0.5, 0.6) is 0 Å². The van der Waals surface area contributed by atoms with Crippen LogP contribution < -0.4 is 0 Å². The van der Waals surface area contributed by atoms with Crippen LogP contribution in [0.1, 0.15) is 6.92 Å². The molecule has 0 aliphatic carbocycles. The lowest BCUT2D eigenvalue weighted by Gasteiger charge is -2.38. The van der Waals surface area contributed by atoms with Crippen molar-refractivity contribution in [3.05, 3.63) is 24.8 Å². The highest BCUT2D eigenvalue weighted by atomic mass is 16.3. The van der Waals surface area contributed by atoms with Crippen LogP contribution in [0.15, 0.2) is 24.8 Å². The molecule has 0 aromatic carbocycles. The summed E-state index contributed by atoms with van der Waals surface area (Å²) in [4.78, 5) is 8.62. The lowest BCUT2D eigenvalue weighted by Crippen LogP contribution is -2.51. The zero-order valence-corrected chi connectivity index (χ0v) is 10.8. The molecule has 0 saturated heterocycles. The first-order valence-corrected chi connectivity index (χ1v) is 6.39. The van der Waals surface area contributed by atoms with Gasteiger partial charge in [-0.15, -0.1) is 0 Å². The average molecular weight is 254 g/mol. The Bertz CT molecular complexity index is 321. The van der Waals surface area contributed by atoms with Gasteiger partial charge in [-0.05, 0) is 6.92 Å². The van der Waals surface area contributed by atoms with E-state index in [0.29, 0.717) is 13.1 Å². The van der Waals surface area contributed by atoms with Gasteiger partial charge in [-0.25, -0.2) is 0 Å². The van der Waals surface area contributed by atoms with Crippen molar-refractivity contribution in [3.8, 4) is 0 Å². The van der Waals surface area contributed by atoms with E-state index in [1.165, 1.54) is 0 Å². The minimum absolute atomic E-state index is 0.127. The Morgan fingerprint density at radius 1 is 1.00 bits per heavy atom. The van der Waals surface area contributed by atoms with Gasteiger partial charge in [-0.2, -0.15) is 0 Å². The van der Waals surface area contributed by atoms with Crippen LogP contribution in [0.3, 0.4) is 0 Å². The minimum atomic E-state index is 0.127. The third-order valence-electron chi connectivity index (χ3n) is 3.26. The molecular weight excluding hydrogens is 232 g/mol. The summed E-state index contributed by atoms with van der Waals surface area (Å²) < 4.78 is 0. The molecule has 0 saturated carbocycles. The zero-order chi connectivity index (χ0) is 13.0. The van der Waals surface area contributed by atoms with Gasteiger partial charge in [-0.3, -0.25) is 0 Å². The van der Waals surface area contributed by atoms with E-state index in [1.807, 2.05) is 18.6 Å². The number of aliphatic hydroxyl groups is 2. The molecule has 18 heavy (non-hydrogen) atoms. The van der Waals surface area contributed by atoms with E-state index in [9.17, 15) is 0 Å². The highest BCUT2D eigenvalue weighted by molar-refractivity contribution is 5.01. The van der Waals surface area contributed by atoms with E-state index in [1.54, 1.807) is 0 Å². The summed E-state index contributed by atoms with van der Waals surface area (Å²) in [6.07, 6.45) is 8.25. The van der Waals surface area contributed by atoms with Crippen LogP contribution in [0.25, 0.3) is 0 Å². The number of rotatable bonds is 6. The molecule has 0 amide bonds. The van der Waals surface area contributed by atoms with Gasteiger partial charge >= 0.3 is 0 Å². The van der Waals surface area contributed by atoms with E-state index < -0.39 is 0 Å². The molecule has 2 heterocycles. The molecule has 0 spiro atoms. The van der Waals surface area contributed by atoms with Gasteiger partial charge in [0, 0.05) is 44.4 Å². The molecule has 1 atom stereocenters. The van der Waals surface area contributed by atoms with Gasteiger partial charge in [0.1, 0.15) is 0 Å². The summed E-state index contributed by atoms with van der Waals surface area (Å²) in [7, 11) is 0. The maximum Gasteiger partial charge on any atom is 0.181 e. The highest BCUT2D eigenvalue weighted by Gasteiger charge is 2.31. The number of hydrogen-bond donors (Lipinski definition) is 2. The summed E-state index contributed by atoms with van der Waals surface area (Å²) in [5, 5.41) is 18.1. The first-order chi connectivity index (χ1) is 8.80. The Hall–Kier alpha value is -1.40. The summed E-state index contributed by atoms with van der Waals surface area (Å²) in [6, 6.07) is 0. The molecule has 0 bridgehead atoms. The second-order valence-electron chi connectivity index (χ2n) is 4.43. The Morgan fingerprint density at radius 2 is 1.72 bits per heavy atom. The number of hydrogen-bond acceptors (Lipinski definition) is 6. The Balaban J connectivity index is 1.99. The number of nitrogens with zero attached hydrogens (tertiary/aromatic N) is 4. The van der Waals surface area contributed by atoms with Crippen molar-refractivity contribution in [1.82, 2.24) is 19.6 Å². The predicted octanol–water partition coefficient (Wildman–Crippen LogP) is -0.590. The normalized spacial score (nSPS) is 22.7. The van der Waals surface area contributed by atoms with Gasteiger partial charge in [0.05, 0.1) is 19.9 Å². The van der Waals surface area contributed by atoms with Crippen molar-refractivity contribution in [2.45, 2.75) is 13.2 Å². The molecule has 2 N–H and O–H groups in total. The summed E-state index contributed by atoms with van der Waals surface area (Å²) in [6.45, 7) is 5.40. The van der Waals surface area contributed by atoms with Crippen LogP contribution in [0.2, 0.25) is 0 Å². The van der Waals surface area contributed by atoms with Crippen LogP contribution in [0.4, 0.5) is 0 Å². The van der Waals surface area contributed by atoms with E-state index in [0.717, 1.165) is 13.2 Å². The quantitative estimate of drug-likeness (QED) is 0.661. The molecule has 2 aliphatic heterocycles. The number of β-amino-alcohol motifs (C(OH)–C–C–N with tert-alkyl or cyclic N) is 2. The highest BCUT2D eigenvalue weighted by Crippen LogP contribution is 2.22. The second-order valence-corrected chi connectivity index (χ2v) is 4.43. The average Bonchev–Trinajstić information content (AvgIpc) is 2.96. The van der Waals surface area contributed by atoms with Crippen LogP contribution in [-0.2, 0) is 0 Å². The molecule has 0 radical (unpaired) electrons. The first-order valence-electron chi connectivity index (χ1n) is 6.39. The van der Waals surface area contributed by atoms with Crippen molar-refractivity contribution in [2.75, 3.05) is 39.5 Å². The summed E-state index contributed by atoms with van der Waals surface area (Å²) >= 11 is 0. The van der Waals surface area contributed by atoms with Crippen molar-refractivity contribution in [2.24, 2.45) is 0 Å². The van der Waals surface area contributed by atoms with Crippen molar-refractivity contribution < 1.29 is 10.2 Å². The largest absolute Gasteiger partial charge is 0.395 e. The Kier molecular flexibility index (Phi) is 4.33. The van der Waals surface area contributed by atoms with E-state index >= 15 is 0 Å². The van der Waals surface area contributed by atoms with E-state index in [-0.39, 0.29) is 19.5 Å². The second kappa shape index (κ2) is 5.97. The summed E-state index contributed by atoms with van der Waals surface area (Å²) in [5.74, 6) is 0. The van der Waals surface area contributed by atoms with Crippen LogP contribution in [0, 0.1) is 0 Å². The van der Waals surface area contributed by atoms with Gasteiger partial charge in [0.15, 0.2) is 6.29 Å². The monoisotopic (exact) mass is 254 g/mol. The fourth-order valence-electron chi connectivity index (χ4n) is 2.38. The van der Waals surface area contributed by atoms with Gasteiger partial charge < -0.3 is 29.8 Å². The minimum Gasteiger partial charge on any atom is -0.395 e. The molecule has 0 fully saturated rings. The molecule has 0 aromatic heterocycles. The third-order valence-corrected chi connectivity index (χ3v) is 3.26. The third kappa shape index (κ3) is 2.54. The van der Waals surface area contributed by atoms with Crippen molar-refractivity contribution in [3.63, 3.8) is 0 Å². The van der Waals surface area contributed by atoms with Gasteiger partial charge in [0.2, 0.25) is 0 Å². The molecule has 6 heteroatoms. The maximum atomic E-state index is 9.11. The van der Waals surface area contributed by atoms with Crippen molar-refractivity contribution >= 4 is 0 Å². The van der Waals surface area contributed by atoms with E-state index in [4.69, 9.17) is 10.2 Å². The van der Waals surface area contributed by atoms with Crippen LogP contribution in [-0.4, -0.2) is 75.6 Å². The lowest BCUT2D eigenvalue weighted by molar-refractivity contribution is 0.00972. The fourth-order valence-corrected chi connectivity index (χ4v) is 2.38. The molecule has 1 unspecified atom stereocenters. The molecule has 2 rings (SSSR count). The molecular formula is C12H22N4O2. The Morgan fingerprint density at radius 3 is 2.39 bits per heavy atom.